The van der Waals surface area contributed by atoms with Crippen LogP contribution in [0.4, 0.5) is 11.4 Å². The van der Waals surface area contributed by atoms with Crippen LogP contribution in [0.25, 0.3) is 0 Å². The molecule has 0 spiro atoms. The molecule has 0 bridgehead atoms. The number of rotatable bonds is 10. The van der Waals surface area contributed by atoms with E-state index in [2.05, 4.69) is 45.4 Å². The van der Waals surface area contributed by atoms with Crippen molar-refractivity contribution < 1.29 is 4.79 Å². The minimum Gasteiger partial charge on any atom is -0.369 e. The van der Waals surface area contributed by atoms with Gasteiger partial charge in [0, 0.05) is 49.5 Å². The molecular formula is C25H33N3OS. The number of nitrogens with one attached hydrogen (secondary N) is 1. The zero-order chi connectivity index (χ0) is 21.2. The molecule has 0 saturated carbocycles. The number of unbranched alkanes of at least 4 members (excludes halogenated alkanes) is 2. The Labute approximate surface area is 186 Å². The summed E-state index contributed by atoms with van der Waals surface area (Å²) in [5, 5.41) is 3.18. The van der Waals surface area contributed by atoms with Crippen LogP contribution in [0.2, 0.25) is 0 Å². The summed E-state index contributed by atoms with van der Waals surface area (Å²) in [5.41, 5.74) is 3.00. The number of para-hydroxylation sites is 1. The van der Waals surface area contributed by atoms with Crippen molar-refractivity contribution >= 4 is 34.4 Å². The third-order valence-electron chi connectivity index (χ3n) is 5.66. The van der Waals surface area contributed by atoms with E-state index in [-0.39, 0.29) is 5.78 Å². The van der Waals surface area contributed by atoms with E-state index in [9.17, 15) is 4.79 Å². The molecule has 1 saturated heterocycles. The number of hydrogen-bond acceptors (Lipinski definition) is 4. The maximum Gasteiger partial charge on any atom is 0.162 e. The number of carbonyl (C=O) groups excluding carboxylic acids is 1. The lowest BCUT2D eigenvalue weighted by Crippen LogP contribution is -2.46. The number of carbonyl (C=O) groups is 1. The van der Waals surface area contributed by atoms with Gasteiger partial charge in [-0.2, -0.15) is 0 Å². The van der Waals surface area contributed by atoms with Gasteiger partial charge in [-0.3, -0.25) is 9.69 Å². The molecule has 0 amide bonds. The first-order valence-corrected chi connectivity index (χ1v) is 11.5. The monoisotopic (exact) mass is 423 g/mol. The maximum absolute atomic E-state index is 12.5. The molecule has 1 aliphatic rings. The number of nitrogens with zero attached hydrogens (tertiary/aromatic N) is 2. The van der Waals surface area contributed by atoms with E-state index in [4.69, 9.17) is 12.2 Å². The number of thiocarbonyl (C=S) groups is 1. The second-order valence-electron chi connectivity index (χ2n) is 7.88. The summed E-state index contributed by atoms with van der Waals surface area (Å²) < 4.78 is 0. The van der Waals surface area contributed by atoms with Gasteiger partial charge in [-0.1, -0.05) is 55.9 Å². The normalized spacial score (nSPS) is 14.5. The molecular weight excluding hydrogens is 390 g/mol. The molecule has 3 rings (SSSR count). The zero-order valence-electron chi connectivity index (χ0n) is 18.0. The molecule has 1 heterocycles. The smallest absolute Gasteiger partial charge is 0.162 e. The van der Waals surface area contributed by atoms with Crippen molar-refractivity contribution in [2.24, 2.45) is 0 Å². The lowest BCUT2D eigenvalue weighted by atomic mass is 10.0. The standard InChI is InChI=1S/C25H33N3OS/c1-2-25(30)26-22-11-9-10-21(20-22)24(29)14-7-4-8-15-27-16-18-28(19-17-27)23-12-5-3-6-13-23/h3,5-6,9-13,20H,2,4,7-8,14-19H2,1H3,(H,26,30). The Balaban J connectivity index is 1.31. The first-order valence-electron chi connectivity index (χ1n) is 11.1. The third kappa shape index (κ3) is 6.92. The van der Waals surface area contributed by atoms with Gasteiger partial charge in [-0.25, -0.2) is 0 Å². The Bertz CT molecular complexity index is 816. The summed E-state index contributed by atoms with van der Waals surface area (Å²) >= 11 is 5.23. The topological polar surface area (TPSA) is 35.6 Å². The van der Waals surface area contributed by atoms with Crippen LogP contribution in [0.5, 0.6) is 0 Å². The maximum atomic E-state index is 12.5. The molecule has 2 aromatic carbocycles. The van der Waals surface area contributed by atoms with Gasteiger partial charge >= 0.3 is 0 Å². The molecule has 0 atom stereocenters. The first-order chi connectivity index (χ1) is 14.7. The van der Waals surface area contributed by atoms with Crippen LogP contribution in [0.1, 0.15) is 49.4 Å². The zero-order valence-corrected chi connectivity index (χ0v) is 18.8. The molecule has 1 aliphatic heterocycles. The van der Waals surface area contributed by atoms with Crippen molar-refractivity contribution in [3.8, 4) is 0 Å². The van der Waals surface area contributed by atoms with E-state index in [0.29, 0.717) is 6.42 Å². The molecule has 5 heteroatoms. The molecule has 2 aromatic rings. The van der Waals surface area contributed by atoms with Gasteiger partial charge in [0.25, 0.3) is 0 Å². The fourth-order valence-corrected chi connectivity index (χ4v) is 3.95. The number of Topliss-reactive ketones (excluding diaryl/α,β-unsaturated/α-hetero) is 1. The van der Waals surface area contributed by atoms with Crippen molar-refractivity contribution in [2.75, 3.05) is 42.9 Å². The van der Waals surface area contributed by atoms with Crippen molar-refractivity contribution in [1.29, 1.82) is 0 Å². The highest BCUT2D eigenvalue weighted by molar-refractivity contribution is 7.80. The summed E-state index contributed by atoms with van der Waals surface area (Å²) in [7, 11) is 0. The fraction of sp³-hybridized carbons (Fsp3) is 0.440. The van der Waals surface area contributed by atoms with Crippen molar-refractivity contribution in [3.63, 3.8) is 0 Å². The van der Waals surface area contributed by atoms with Crippen molar-refractivity contribution in [1.82, 2.24) is 4.90 Å². The number of anilines is 2. The minimum atomic E-state index is 0.220. The molecule has 1 fully saturated rings. The number of piperazine rings is 1. The summed E-state index contributed by atoms with van der Waals surface area (Å²) in [6.45, 7) is 7.57. The van der Waals surface area contributed by atoms with Gasteiger partial charge < -0.3 is 10.2 Å². The van der Waals surface area contributed by atoms with Crippen LogP contribution in [0.3, 0.4) is 0 Å². The number of benzene rings is 2. The molecule has 160 valence electrons. The predicted molar refractivity (Wildman–Crippen MR) is 131 cm³/mol. The molecule has 0 unspecified atom stereocenters. The van der Waals surface area contributed by atoms with Crippen LogP contribution < -0.4 is 10.2 Å². The summed E-state index contributed by atoms with van der Waals surface area (Å²) in [5.74, 6) is 0.220. The fourth-order valence-electron chi connectivity index (χ4n) is 3.83. The van der Waals surface area contributed by atoms with E-state index >= 15 is 0 Å². The Morgan fingerprint density at radius 3 is 2.47 bits per heavy atom. The van der Waals surface area contributed by atoms with Crippen LogP contribution in [0.15, 0.2) is 54.6 Å². The van der Waals surface area contributed by atoms with Crippen molar-refractivity contribution in [3.05, 3.63) is 60.2 Å². The molecule has 0 aromatic heterocycles. The molecule has 1 N–H and O–H groups in total. The highest BCUT2D eigenvalue weighted by Crippen LogP contribution is 2.17. The number of ketones is 1. The summed E-state index contributed by atoms with van der Waals surface area (Å²) in [6.07, 6.45) is 4.62. The van der Waals surface area contributed by atoms with Gasteiger partial charge in [0.1, 0.15) is 0 Å². The van der Waals surface area contributed by atoms with Gasteiger partial charge in [0.15, 0.2) is 5.78 Å². The van der Waals surface area contributed by atoms with Crippen LogP contribution >= 0.6 is 12.2 Å². The highest BCUT2D eigenvalue weighted by Gasteiger charge is 2.16. The summed E-state index contributed by atoms with van der Waals surface area (Å²) in [4.78, 5) is 18.3. The molecule has 0 aliphatic carbocycles. The van der Waals surface area contributed by atoms with Gasteiger partial charge in [-0.15, -0.1) is 0 Å². The first kappa shape index (κ1) is 22.4. The Morgan fingerprint density at radius 1 is 0.967 bits per heavy atom. The average Bonchev–Trinajstić information content (AvgIpc) is 2.80. The SMILES string of the molecule is CCC(=S)Nc1cccc(C(=O)CCCCCN2CCN(c3ccccc3)CC2)c1. The minimum absolute atomic E-state index is 0.220. The predicted octanol–water partition coefficient (Wildman–Crippen LogP) is 5.40. The highest BCUT2D eigenvalue weighted by atomic mass is 32.1. The van der Waals surface area contributed by atoms with Gasteiger partial charge in [-0.05, 0) is 50.1 Å². The summed E-state index contributed by atoms with van der Waals surface area (Å²) in [6, 6.07) is 18.4. The second kappa shape index (κ2) is 11.8. The Morgan fingerprint density at radius 2 is 1.73 bits per heavy atom. The number of hydrogen-bond donors (Lipinski definition) is 1. The lowest BCUT2D eigenvalue weighted by Gasteiger charge is -2.36. The van der Waals surface area contributed by atoms with E-state index in [1.807, 2.05) is 31.2 Å². The van der Waals surface area contributed by atoms with Gasteiger partial charge in [0.05, 0.1) is 4.99 Å². The third-order valence-corrected chi connectivity index (χ3v) is 6.05. The van der Waals surface area contributed by atoms with E-state index in [1.54, 1.807) is 0 Å². The van der Waals surface area contributed by atoms with Crippen LogP contribution in [-0.4, -0.2) is 48.4 Å². The average molecular weight is 424 g/mol. The van der Waals surface area contributed by atoms with E-state index < -0.39 is 0 Å². The van der Waals surface area contributed by atoms with Crippen LogP contribution in [-0.2, 0) is 0 Å². The molecule has 0 radical (unpaired) electrons. The molecule has 4 nitrogen and oxygen atoms in total. The van der Waals surface area contributed by atoms with E-state index in [0.717, 1.165) is 74.6 Å². The largest absolute Gasteiger partial charge is 0.369 e. The molecule has 30 heavy (non-hydrogen) atoms. The second-order valence-corrected chi connectivity index (χ2v) is 8.37. The Kier molecular flexibility index (Phi) is 8.84. The van der Waals surface area contributed by atoms with E-state index in [1.165, 1.54) is 5.69 Å². The van der Waals surface area contributed by atoms with Crippen molar-refractivity contribution in [2.45, 2.75) is 39.0 Å². The van der Waals surface area contributed by atoms with Crippen LogP contribution in [0, 0.1) is 0 Å². The lowest BCUT2D eigenvalue weighted by molar-refractivity contribution is 0.0978. The van der Waals surface area contributed by atoms with Gasteiger partial charge in [0.2, 0.25) is 0 Å². The Hall–Kier alpha value is -2.24. The quantitative estimate of drug-likeness (QED) is 0.314.